The van der Waals surface area contributed by atoms with Gasteiger partial charge in [0.2, 0.25) is 0 Å². The molecule has 2 amide bonds. The molecule has 1 fully saturated rings. The van der Waals surface area contributed by atoms with Crippen molar-refractivity contribution in [2.24, 2.45) is 10.1 Å². The highest BCUT2D eigenvalue weighted by molar-refractivity contribution is 7.91. The third-order valence-electron chi connectivity index (χ3n) is 4.22. The predicted octanol–water partition coefficient (Wildman–Crippen LogP) is 1.02. The summed E-state index contributed by atoms with van der Waals surface area (Å²) in [5.74, 6) is 0.317. The molecule has 0 radical (unpaired) electrons. The van der Waals surface area contributed by atoms with Crippen LogP contribution in [0.15, 0.2) is 22.6 Å². The van der Waals surface area contributed by atoms with Crippen LogP contribution in [0, 0.1) is 0 Å². The Bertz CT molecular complexity index is 837. The van der Waals surface area contributed by atoms with Crippen molar-refractivity contribution >= 4 is 27.8 Å². The number of nitrogens with two attached hydrogens (primary N) is 1. The van der Waals surface area contributed by atoms with Crippen molar-refractivity contribution < 1.29 is 17.9 Å². The van der Waals surface area contributed by atoms with Gasteiger partial charge < -0.3 is 20.7 Å². The minimum absolute atomic E-state index is 0.0527. The van der Waals surface area contributed by atoms with Gasteiger partial charge in [-0.05, 0) is 38.8 Å². The van der Waals surface area contributed by atoms with E-state index < -0.39 is 10.2 Å². The number of amidine groups is 1. The molecular formula is C16H23N5O4S. The summed E-state index contributed by atoms with van der Waals surface area (Å²) in [6.45, 7) is 4.81. The van der Waals surface area contributed by atoms with Crippen molar-refractivity contribution in [2.75, 3.05) is 17.9 Å². The van der Waals surface area contributed by atoms with E-state index >= 15 is 0 Å². The molecule has 142 valence electrons. The van der Waals surface area contributed by atoms with E-state index in [1.54, 1.807) is 23.1 Å². The molecule has 3 rings (SSSR count). The highest BCUT2D eigenvalue weighted by Gasteiger charge is 2.30. The van der Waals surface area contributed by atoms with E-state index in [-0.39, 0.29) is 24.0 Å². The van der Waals surface area contributed by atoms with Crippen LogP contribution in [0.2, 0.25) is 0 Å². The van der Waals surface area contributed by atoms with Crippen LogP contribution >= 0.6 is 0 Å². The number of rotatable bonds is 4. The number of hydrogen-bond acceptors (Lipinski definition) is 5. The Hall–Kier alpha value is -2.49. The second-order valence-electron chi connectivity index (χ2n) is 6.64. The number of hydrogen-bond donors (Lipinski definition) is 3. The zero-order valence-corrected chi connectivity index (χ0v) is 15.5. The van der Waals surface area contributed by atoms with Crippen LogP contribution in [0.3, 0.4) is 0 Å². The van der Waals surface area contributed by atoms with Gasteiger partial charge in [-0.3, -0.25) is 4.72 Å². The van der Waals surface area contributed by atoms with Crippen LogP contribution in [0.5, 0.6) is 5.75 Å². The van der Waals surface area contributed by atoms with Gasteiger partial charge in [-0.15, -0.1) is 4.40 Å². The fraction of sp³-hybridized carbons (Fsp3) is 0.500. The lowest BCUT2D eigenvalue weighted by molar-refractivity contribution is 0.163. The molecule has 1 unspecified atom stereocenters. The Morgan fingerprint density at radius 1 is 1.50 bits per heavy atom. The quantitative estimate of drug-likeness (QED) is 0.718. The molecule has 1 atom stereocenters. The maximum absolute atomic E-state index is 12.3. The molecule has 10 heteroatoms. The van der Waals surface area contributed by atoms with Crippen molar-refractivity contribution in [3.63, 3.8) is 0 Å². The van der Waals surface area contributed by atoms with Gasteiger partial charge in [0.25, 0.3) is 0 Å². The number of likely N-dealkylation sites (tertiary alicyclic amines) is 1. The molecule has 2 aliphatic rings. The molecule has 2 aliphatic heterocycles. The zero-order chi connectivity index (χ0) is 18.9. The summed E-state index contributed by atoms with van der Waals surface area (Å²) < 4.78 is 35.0. The average molecular weight is 381 g/mol. The summed E-state index contributed by atoms with van der Waals surface area (Å²) in [6.07, 6.45) is 1.76. The van der Waals surface area contributed by atoms with Gasteiger partial charge >= 0.3 is 16.2 Å². The Labute approximate surface area is 152 Å². The summed E-state index contributed by atoms with van der Waals surface area (Å²) in [5, 5.41) is 2.89. The molecule has 1 aromatic carbocycles. The molecule has 2 heterocycles. The standard InChI is InChI=1S/C16H23N5O4S/c1-10(2)18-16(22)21-8-4-5-11(21)9-25-13-7-3-6-12-14(13)15(17)20-26(23,24)19-12/h3,6-7,10-11,19H,4-5,8-9H2,1-2H3,(H2,17,20)(H,18,22). The van der Waals surface area contributed by atoms with E-state index in [0.717, 1.165) is 12.8 Å². The molecule has 0 saturated carbocycles. The summed E-state index contributed by atoms with van der Waals surface area (Å²) in [7, 11) is -3.83. The minimum atomic E-state index is -3.83. The van der Waals surface area contributed by atoms with Crippen LogP contribution in [0.4, 0.5) is 10.5 Å². The molecule has 0 bridgehead atoms. The summed E-state index contributed by atoms with van der Waals surface area (Å²) in [6, 6.07) is 4.88. The van der Waals surface area contributed by atoms with Gasteiger partial charge in [-0.25, -0.2) is 4.79 Å². The van der Waals surface area contributed by atoms with Crippen LogP contribution in [-0.2, 0) is 10.2 Å². The lowest BCUT2D eigenvalue weighted by Crippen LogP contribution is -2.47. The van der Waals surface area contributed by atoms with E-state index in [1.807, 2.05) is 13.8 Å². The third-order valence-corrected chi connectivity index (χ3v) is 5.14. The van der Waals surface area contributed by atoms with E-state index in [2.05, 4.69) is 14.4 Å². The van der Waals surface area contributed by atoms with Crippen molar-refractivity contribution in [3.8, 4) is 5.75 Å². The molecule has 0 aromatic heterocycles. The summed E-state index contributed by atoms with van der Waals surface area (Å²) in [4.78, 5) is 14.1. The predicted molar refractivity (Wildman–Crippen MR) is 98.6 cm³/mol. The molecule has 26 heavy (non-hydrogen) atoms. The maximum Gasteiger partial charge on any atom is 0.344 e. The minimum Gasteiger partial charge on any atom is -0.491 e. The number of nitrogens with one attached hydrogen (secondary N) is 2. The van der Waals surface area contributed by atoms with Crippen molar-refractivity contribution in [1.82, 2.24) is 10.2 Å². The number of urea groups is 1. The third kappa shape index (κ3) is 3.85. The van der Waals surface area contributed by atoms with E-state index in [4.69, 9.17) is 10.5 Å². The first-order valence-corrected chi connectivity index (χ1v) is 9.92. The largest absolute Gasteiger partial charge is 0.491 e. The van der Waals surface area contributed by atoms with E-state index in [0.29, 0.717) is 30.2 Å². The molecule has 1 aromatic rings. The number of nitrogens with zero attached hydrogens (tertiary/aromatic N) is 2. The number of ether oxygens (including phenoxy) is 1. The van der Waals surface area contributed by atoms with Crippen LogP contribution in [0.1, 0.15) is 32.3 Å². The fourth-order valence-corrected chi connectivity index (χ4v) is 3.97. The number of amides is 2. The second-order valence-corrected chi connectivity index (χ2v) is 7.97. The van der Waals surface area contributed by atoms with E-state index in [9.17, 15) is 13.2 Å². The van der Waals surface area contributed by atoms with Gasteiger partial charge in [0.15, 0.2) is 5.84 Å². The number of carbonyl (C=O) groups is 1. The highest BCUT2D eigenvalue weighted by Crippen LogP contribution is 2.31. The zero-order valence-electron chi connectivity index (χ0n) is 14.7. The first kappa shape index (κ1) is 18.3. The fourth-order valence-electron chi connectivity index (χ4n) is 3.13. The number of carbonyl (C=O) groups excluding carboxylic acids is 1. The lowest BCUT2D eigenvalue weighted by atomic mass is 10.1. The first-order valence-electron chi connectivity index (χ1n) is 8.48. The molecule has 1 saturated heterocycles. The van der Waals surface area contributed by atoms with Gasteiger partial charge in [0.05, 0.1) is 17.3 Å². The number of anilines is 1. The van der Waals surface area contributed by atoms with Gasteiger partial charge in [0.1, 0.15) is 12.4 Å². The summed E-state index contributed by atoms with van der Waals surface area (Å²) in [5.41, 5.74) is 6.56. The SMILES string of the molecule is CC(C)NC(=O)N1CCCC1COc1cccc2c1C(N)=NS(=O)(=O)N2. The first-order chi connectivity index (χ1) is 12.3. The second kappa shape index (κ2) is 7.02. The molecular weight excluding hydrogens is 358 g/mol. The van der Waals surface area contributed by atoms with Crippen LogP contribution in [-0.4, -0.2) is 50.4 Å². The lowest BCUT2D eigenvalue weighted by Gasteiger charge is -2.27. The number of benzene rings is 1. The monoisotopic (exact) mass is 381 g/mol. The molecule has 9 nitrogen and oxygen atoms in total. The summed E-state index contributed by atoms with van der Waals surface area (Å²) >= 11 is 0. The van der Waals surface area contributed by atoms with Crippen molar-refractivity contribution in [1.29, 1.82) is 0 Å². The average Bonchev–Trinajstić information content (AvgIpc) is 2.99. The topological polar surface area (TPSA) is 126 Å². The van der Waals surface area contributed by atoms with Crippen molar-refractivity contribution in [2.45, 2.75) is 38.8 Å². The van der Waals surface area contributed by atoms with E-state index in [1.165, 1.54) is 0 Å². The Balaban J connectivity index is 1.74. The highest BCUT2D eigenvalue weighted by atomic mass is 32.2. The Kier molecular flexibility index (Phi) is 4.94. The Morgan fingerprint density at radius 2 is 2.27 bits per heavy atom. The molecule has 0 spiro atoms. The normalized spacial score (nSPS) is 21.0. The number of fused-ring (bicyclic) bond motifs is 1. The van der Waals surface area contributed by atoms with Gasteiger partial charge in [0, 0.05) is 12.6 Å². The molecule has 0 aliphatic carbocycles. The Morgan fingerprint density at radius 3 is 3.00 bits per heavy atom. The molecule has 4 N–H and O–H groups in total. The van der Waals surface area contributed by atoms with Gasteiger partial charge in [-0.1, -0.05) is 6.07 Å². The smallest absolute Gasteiger partial charge is 0.344 e. The maximum atomic E-state index is 12.3. The van der Waals surface area contributed by atoms with Gasteiger partial charge in [-0.2, -0.15) is 8.42 Å². The van der Waals surface area contributed by atoms with Crippen LogP contribution in [0.25, 0.3) is 0 Å². The van der Waals surface area contributed by atoms with Crippen LogP contribution < -0.4 is 20.5 Å². The van der Waals surface area contributed by atoms with Crippen molar-refractivity contribution in [3.05, 3.63) is 23.8 Å².